The molecule has 2 aromatic heterocycles. The molecule has 0 bridgehead atoms. The molecule has 0 atom stereocenters. The first-order chi connectivity index (χ1) is 12.8. The number of rotatable bonds is 4. The Hall–Kier alpha value is -3.41. The van der Waals surface area contributed by atoms with Gasteiger partial charge in [-0.25, -0.2) is 4.98 Å². The van der Waals surface area contributed by atoms with Gasteiger partial charge in [0.1, 0.15) is 5.82 Å². The van der Waals surface area contributed by atoms with Gasteiger partial charge in [0.15, 0.2) is 0 Å². The molecule has 0 fully saturated rings. The smallest absolute Gasteiger partial charge is 0.229 e. The molecule has 1 aliphatic rings. The summed E-state index contributed by atoms with van der Waals surface area (Å²) in [6.07, 6.45) is 7.14. The standard InChI is InChI=1S/C20H18N6/c1-3-13-7-8-15(11-14(13)4-1)23-20-21-10-9-19(25-20)24-17-5-2-6-18-16(17)12-22-26-18/h2,5-12H,1,3-4H2,(H,22,26)(H2,21,23,24,25). The van der Waals surface area contributed by atoms with Crippen LogP contribution in [-0.2, 0) is 12.8 Å². The summed E-state index contributed by atoms with van der Waals surface area (Å²) in [5.41, 5.74) is 5.86. The predicted molar refractivity (Wildman–Crippen MR) is 103 cm³/mol. The van der Waals surface area contributed by atoms with Crippen LogP contribution >= 0.6 is 0 Å². The maximum atomic E-state index is 4.58. The number of fused-ring (bicyclic) bond motifs is 2. The van der Waals surface area contributed by atoms with Crippen molar-refractivity contribution in [1.29, 1.82) is 0 Å². The quantitative estimate of drug-likeness (QED) is 0.514. The van der Waals surface area contributed by atoms with Gasteiger partial charge in [0, 0.05) is 17.3 Å². The summed E-state index contributed by atoms with van der Waals surface area (Å²) in [4.78, 5) is 8.93. The molecule has 5 rings (SSSR count). The van der Waals surface area contributed by atoms with Crippen molar-refractivity contribution >= 4 is 34.0 Å². The lowest BCUT2D eigenvalue weighted by atomic mass is 10.1. The van der Waals surface area contributed by atoms with Gasteiger partial charge in [0.25, 0.3) is 0 Å². The van der Waals surface area contributed by atoms with Gasteiger partial charge >= 0.3 is 0 Å². The number of hydrogen-bond donors (Lipinski definition) is 3. The summed E-state index contributed by atoms with van der Waals surface area (Å²) in [6, 6.07) is 14.3. The van der Waals surface area contributed by atoms with E-state index >= 15 is 0 Å². The van der Waals surface area contributed by atoms with Crippen LogP contribution in [0.2, 0.25) is 0 Å². The molecule has 0 amide bonds. The number of aromatic nitrogens is 4. The second-order valence-corrected chi connectivity index (χ2v) is 6.49. The van der Waals surface area contributed by atoms with E-state index in [1.54, 1.807) is 6.20 Å². The third-order valence-corrected chi connectivity index (χ3v) is 4.76. The number of aryl methyl sites for hydroxylation is 2. The second kappa shape index (κ2) is 6.15. The predicted octanol–water partition coefficient (Wildman–Crippen LogP) is 4.33. The number of anilines is 4. The number of aromatic amines is 1. The summed E-state index contributed by atoms with van der Waals surface area (Å²) in [7, 11) is 0. The summed E-state index contributed by atoms with van der Waals surface area (Å²) in [5, 5.41) is 14.8. The van der Waals surface area contributed by atoms with Crippen LogP contribution in [0.4, 0.5) is 23.1 Å². The highest BCUT2D eigenvalue weighted by Gasteiger charge is 2.11. The van der Waals surface area contributed by atoms with Crippen molar-refractivity contribution in [2.75, 3.05) is 10.6 Å². The molecule has 1 aliphatic carbocycles. The van der Waals surface area contributed by atoms with Crippen molar-refractivity contribution in [3.05, 3.63) is 66.0 Å². The van der Waals surface area contributed by atoms with Gasteiger partial charge in [0.2, 0.25) is 5.95 Å². The summed E-state index contributed by atoms with van der Waals surface area (Å²) < 4.78 is 0. The maximum Gasteiger partial charge on any atom is 0.229 e. The highest BCUT2D eigenvalue weighted by Crippen LogP contribution is 2.27. The van der Waals surface area contributed by atoms with Gasteiger partial charge in [-0.05, 0) is 60.7 Å². The molecule has 2 heterocycles. The monoisotopic (exact) mass is 342 g/mol. The molecule has 26 heavy (non-hydrogen) atoms. The van der Waals surface area contributed by atoms with E-state index in [1.165, 1.54) is 24.0 Å². The number of hydrogen-bond acceptors (Lipinski definition) is 5. The van der Waals surface area contributed by atoms with E-state index in [4.69, 9.17) is 0 Å². The Kier molecular flexibility index (Phi) is 3.52. The second-order valence-electron chi connectivity index (χ2n) is 6.49. The van der Waals surface area contributed by atoms with Crippen molar-refractivity contribution in [2.45, 2.75) is 19.3 Å². The van der Waals surface area contributed by atoms with E-state index in [-0.39, 0.29) is 0 Å². The third kappa shape index (κ3) is 2.75. The van der Waals surface area contributed by atoms with Gasteiger partial charge in [-0.1, -0.05) is 12.1 Å². The van der Waals surface area contributed by atoms with Crippen LogP contribution in [0.5, 0.6) is 0 Å². The Bertz CT molecular complexity index is 1080. The van der Waals surface area contributed by atoms with Crippen molar-refractivity contribution in [3.63, 3.8) is 0 Å². The van der Waals surface area contributed by atoms with Gasteiger partial charge in [-0.2, -0.15) is 10.1 Å². The van der Waals surface area contributed by atoms with Crippen LogP contribution in [0.3, 0.4) is 0 Å². The molecule has 0 radical (unpaired) electrons. The van der Waals surface area contributed by atoms with Crippen LogP contribution in [0, 0.1) is 0 Å². The van der Waals surface area contributed by atoms with Crippen LogP contribution in [0.25, 0.3) is 10.9 Å². The molecule has 0 saturated carbocycles. The molecular weight excluding hydrogens is 324 g/mol. The third-order valence-electron chi connectivity index (χ3n) is 4.76. The van der Waals surface area contributed by atoms with Gasteiger partial charge < -0.3 is 10.6 Å². The van der Waals surface area contributed by atoms with Crippen molar-refractivity contribution in [1.82, 2.24) is 20.2 Å². The Labute approximate surface area is 150 Å². The topological polar surface area (TPSA) is 78.5 Å². The van der Waals surface area contributed by atoms with E-state index in [1.807, 2.05) is 30.5 Å². The minimum atomic E-state index is 0.576. The van der Waals surface area contributed by atoms with E-state index in [0.717, 1.165) is 34.5 Å². The Balaban J connectivity index is 1.40. The summed E-state index contributed by atoms with van der Waals surface area (Å²) >= 11 is 0. The zero-order valence-corrected chi connectivity index (χ0v) is 14.2. The zero-order valence-electron chi connectivity index (χ0n) is 14.2. The fourth-order valence-electron chi connectivity index (χ4n) is 3.48. The fourth-order valence-corrected chi connectivity index (χ4v) is 3.48. The highest BCUT2D eigenvalue weighted by atomic mass is 15.1. The number of H-pyrrole nitrogens is 1. The molecule has 3 N–H and O–H groups in total. The summed E-state index contributed by atoms with van der Waals surface area (Å²) in [6.45, 7) is 0. The van der Waals surface area contributed by atoms with Crippen LogP contribution in [-0.4, -0.2) is 20.2 Å². The molecule has 6 nitrogen and oxygen atoms in total. The minimum Gasteiger partial charge on any atom is -0.339 e. The van der Waals surface area contributed by atoms with E-state index in [2.05, 4.69) is 49.0 Å². The molecule has 128 valence electrons. The highest BCUT2D eigenvalue weighted by molar-refractivity contribution is 5.92. The number of nitrogens with one attached hydrogen (secondary N) is 3. The Morgan fingerprint density at radius 1 is 0.962 bits per heavy atom. The van der Waals surface area contributed by atoms with Crippen molar-refractivity contribution in [2.24, 2.45) is 0 Å². The Morgan fingerprint density at radius 3 is 2.92 bits per heavy atom. The molecule has 0 spiro atoms. The Morgan fingerprint density at radius 2 is 1.92 bits per heavy atom. The molecule has 0 saturated heterocycles. The van der Waals surface area contributed by atoms with E-state index in [9.17, 15) is 0 Å². The van der Waals surface area contributed by atoms with Gasteiger partial charge in [-0.15, -0.1) is 0 Å². The molecular formula is C20H18N6. The summed E-state index contributed by atoms with van der Waals surface area (Å²) in [5.74, 6) is 1.31. The van der Waals surface area contributed by atoms with Crippen molar-refractivity contribution in [3.8, 4) is 0 Å². The molecule has 0 unspecified atom stereocenters. The van der Waals surface area contributed by atoms with Crippen molar-refractivity contribution < 1.29 is 0 Å². The number of benzene rings is 2. The molecule has 4 aromatic rings. The lowest BCUT2D eigenvalue weighted by molar-refractivity contribution is 0.912. The van der Waals surface area contributed by atoms with Crippen LogP contribution < -0.4 is 10.6 Å². The average Bonchev–Trinajstić information content (AvgIpc) is 3.31. The first-order valence-corrected chi connectivity index (χ1v) is 8.76. The maximum absolute atomic E-state index is 4.58. The van der Waals surface area contributed by atoms with E-state index in [0.29, 0.717) is 5.95 Å². The first kappa shape index (κ1) is 14.9. The lowest BCUT2D eigenvalue weighted by Gasteiger charge is -2.10. The van der Waals surface area contributed by atoms with Crippen LogP contribution in [0.15, 0.2) is 54.9 Å². The van der Waals surface area contributed by atoms with E-state index < -0.39 is 0 Å². The normalized spacial score (nSPS) is 12.9. The average molecular weight is 342 g/mol. The van der Waals surface area contributed by atoms with Crippen LogP contribution in [0.1, 0.15) is 17.5 Å². The number of nitrogens with zero attached hydrogens (tertiary/aromatic N) is 3. The minimum absolute atomic E-state index is 0.576. The van der Waals surface area contributed by atoms with Gasteiger partial charge in [-0.3, -0.25) is 5.10 Å². The molecule has 0 aliphatic heterocycles. The van der Waals surface area contributed by atoms with Gasteiger partial charge in [0.05, 0.1) is 17.4 Å². The largest absolute Gasteiger partial charge is 0.339 e. The molecule has 6 heteroatoms. The fraction of sp³-hybridized carbons (Fsp3) is 0.150. The zero-order chi connectivity index (χ0) is 17.3. The SMILES string of the molecule is c1cc(Nc2ccnc(Nc3ccc4c(c3)CCC4)n2)c2cn[nH]c2c1. The molecule has 2 aromatic carbocycles. The lowest BCUT2D eigenvalue weighted by Crippen LogP contribution is -2.01. The first-order valence-electron chi connectivity index (χ1n) is 8.76.